The van der Waals surface area contributed by atoms with Crippen LogP contribution in [0.2, 0.25) is 0 Å². The van der Waals surface area contributed by atoms with Crippen molar-refractivity contribution in [2.24, 2.45) is 7.05 Å². The van der Waals surface area contributed by atoms with Crippen LogP contribution in [0.5, 0.6) is 0 Å². The molecule has 4 rings (SSSR count). The van der Waals surface area contributed by atoms with Gasteiger partial charge in [-0.3, -0.25) is 0 Å². The van der Waals surface area contributed by atoms with Gasteiger partial charge in [-0.25, -0.2) is 9.41 Å². The highest BCUT2D eigenvalue weighted by molar-refractivity contribution is 6.14. The van der Waals surface area contributed by atoms with Crippen molar-refractivity contribution in [3.63, 3.8) is 0 Å². The molecular weight excluding hydrogens is 308 g/mol. The molecule has 2 heterocycles. The first-order valence-corrected chi connectivity index (χ1v) is 8.31. The van der Waals surface area contributed by atoms with Crippen molar-refractivity contribution < 1.29 is 8.98 Å². The van der Waals surface area contributed by atoms with Gasteiger partial charge in [0.1, 0.15) is 18.2 Å². The molecule has 0 aliphatic heterocycles. The van der Waals surface area contributed by atoms with Crippen LogP contribution in [-0.4, -0.2) is 0 Å². The molecule has 0 atom stereocenters. The van der Waals surface area contributed by atoms with E-state index in [1.54, 1.807) is 0 Å². The van der Waals surface area contributed by atoms with E-state index in [4.69, 9.17) is 11.0 Å². The fraction of sp³-hybridized carbons (Fsp3) is 0.182. The lowest BCUT2D eigenvalue weighted by molar-refractivity contribution is -0.660. The van der Waals surface area contributed by atoms with E-state index in [2.05, 4.69) is 41.5 Å². The van der Waals surface area contributed by atoms with Crippen LogP contribution in [-0.2, 0) is 7.05 Å². The molecule has 0 aliphatic carbocycles. The number of aromatic nitrogens is 1. The Bertz CT molecular complexity index is 1190. The molecule has 2 aromatic heterocycles. The predicted octanol–water partition coefficient (Wildman–Crippen LogP) is 5.55. The van der Waals surface area contributed by atoms with E-state index in [1.807, 2.05) is 38.4 Å². The summed E-state index contributed by atoms with van der Waals surface area (Å²) in [6, 6.07) is 12.4. The largest absolute Gasteiger partial charge is 0.466 e. The minimum atomic E-state index is 0.606. The third kappa shape index (κ3) is 2.15. The van der Waals surface area contributed by atoms with Crippen LogP contribution in [0.1, 0.15) is 16.7 Å². The Morgan fingerprint density at radius 3 is 2.48 bits per heavy atom. The average molecular weight is 327 g/mol. The molecule has 2 aromatic carbocycles. The number of fused-ring (bicyclic) bond motifs is 3. The van der Waals surface area contributed by atoms with Crippen molar-refractivity contribution in [1.82, 2.24) is 0 Å². The molecule has 0 saturated carbocycles. The molecule has 0 spiro atoms. The summed E-state index contributed by atoms with van der Waals surface area (Å²) in [5.74, 6) is 0. The highest BCUT2D eigenvalue weighted by atomic mass is 16.3. The van der Waals surface area contributed by atoms with Crippen molar-refractivity contribution in [2.45, 2.75) is 20.8 Å². The first-order chi connectivity index (χ1) is 12.0. The number of hydrogen-bond acceptors (Lipinski definition) is 1. The lowest BCUT2D eigenvalue weighted by Gasteiger charge is -2.07. The number of benzene rings is 2. The van der Waals surface area contributed by atoms with Gasteiger partial charge in [0.05, 0.1) is 12.1 Å². The fourth-order valence-electron chi connectivity index (χ4n) is 3.70. The smallest absolute Gasteiger partial charge is 0.232 e. The van der Waals surface area contributed by atoms with Crippen molar-refractivity contribution >= 4 is 27.6 Å². The number of pyridine rings is 1. The minimum absolute atomic E-state index is 0.606. The molecule has 0 bridgehead atoms. The van der Waals surface area contributed by atoms with Crippen molar-refractivity contribution in [2.75, 3.05) is 0 Å². The Labute approximate surface area is 147 Å². The molecule has 0 radical (unpaired) electrons. The molecule has 0 saturated heterocycles. The van der Waals surface area contributed by atoms with Crippen LogP contribution in [0.15, 0.2) is 47.0 Å². The van der Waals surface area contributed by atoms with Gasteiger partial charge < -0.3 is 4.42 Å². The Hall–Kier alpha value is -3.12. The van der Waals surface area contributed by atoms with Gasteiger partial charge in [-0.2, -0.15) is 0 Å². The summed E-state index contributed by atoms with van der Waals surface area (Å²) in [5, 5.41) is 2.12. The quantitative estimate of drug-likeness (QED) is 0.331. The maximum Gasteiger partial charge on any atom is 0.232 e. The lowest BCUT2D eigenvalue weighted by Crippen LogP contribution is -2.30. The summed E-state index contributed by atoms with van der Waals surface area (Å²) in [5.41, 5.74) is 7.65. The molecule has 4 aromatic rings. The standard InChI is InChI=1S/C22H19N2O/c1-13-9-10-16-18-14(2)12-15(3)19(17-8-6-7-11-24(17)5)22(18)25-21(16)20(13)23-4/h6-12H,1-3,5H3/q+1. The van der Waals surface area contributed by atoms with Gasteiger partial charge in [-0.1, -0.05) is 18.2 Å². The second kappa shape index (κ2) is 5.46. The number of rotatable bonds is 1. The highest BCUT2D eigenvalue weighted by Gasteiger charge is 2.23. The number of hydrogen-bond donors (Lipinski definition) is 0. The molecule has 122 valence electrons. The third-order valence-electron chi connectivity index (χ3n) is 4.91. The molecule has 0 N–H and O–H groups in total. The predicted molar refractivity (Wildman–Crippen MR) is 101 cm³/mol. The zero-order valence-corrected chi connectivity index (χ0v) is 14.8. The normalized spacial score (nSPS) is 11.2. The van der Waals surface area contributed by atoms with E-state index >= 15 is 0 Å². The van der Waals surface area contributed by atoms with Gasteiger partial charge in [0.15, 0.2) is 6.20 Å². The van der Waals surface area contributed by atoms with Gasteiger partial charge >= 0.3 is 0 Å². The molecular formula is C22H19N2O+. The Kier molecular flexibility index (Phi) is 3.36. The number of nitrogens with zero attached hydrogens (tertiary/aromatic N) is 2. The summed E-state index contributed by atoms with van der Waals surface area (Å²) >= 11 is 0. The van der Waals surface area contributed by atoms with Crippen LogP contribution in [0, 0.1) is 27.3 Å². The van der Waals surface area contributed by atoms with Gasteiger partial charge in [0.2, 0.25) is 11.4 Å². The number of furan rings is 1. The summed E-state index contributed by atoms with van der Waals surface area (Å²) in [6.07, 6.45) is 2.04. The van der Waals surface area contributed by atoms with Gasteiger partial charge in [0.25, 0.3) is 0 Å². The molecule has 0 aliphatic rings. The van der Waals surface area contributed by atoms with Crippen molar-refractivity contribution in [3.05, 3.63) is 70.7 Å². The van der Waals surface area contributed by atoms with E-state index in [-0.39, 0.29) is 0 Å². The van der Waals surface area contributed by atoms with Crippen LogP contribution in [0.25, 0.3) is 38.0 Å². The van der Waals surface area contributed by atoms with Crippen LogP contribution in [0.4, 0.5) is 5.69 Å². The second-order valence-corrected chi connectivity index (χ2v) is 6.61. The molecule has 3 heteroatoms. The SMILES string of the molecule is [C-]#[N+]c1c(C)ccc2c1oc1c(-c3cccc[n+]3C)c(C)cc(C)c12. The second-order valence-electron chi connectivity index (χ2n) is 6.61. The molecule has 3 nitrogen and oxygen atoms in total. The molecule has 25 heavy (non-hydrogen) atoms. The van der Waals surface area contributed by atoms with E-state index < -0.39 is 0 Å². The minimum Gasteiger partial charge on any atom is -0.466 e. The van der Waals surface area contributed by atoms with Crippen LogP contribution < -0.4 is 4.57 Å². The highest BCUT2D eigenvalue weighted by Crippen LogP contribution is 2.42. The Morgan fingerprint density at radius 2 is 1.76 bits per heavy atom. The van der Waals surface area contributed by atoms with Crippen LogP contribution >= 0.6 is 0 Å². The molecule has 0 amide bonds. The summed E-state index contributed by atoms with van der Waals surface area (Å²) < 4.78 is 8.43. The Balaban J connectivity index is 2.25. The maximum absolute atomic E-state index is 7.55. The number of aryl methyl sites for hydroxylation is 4. The first-order valence-electron chi connectivity index (χ1n) is 8.31. The topological polar surface area (TPSA) is 21.4 Å². The molecule has 0 unspecified atom stereocenters. The van der Waals surface area contributed by atoms with Crippen molar-refractivity contribution in [3.8, 4) is 11.3 Å². The van der Waals surface area contributed by atoms with Crippen LogP contribution in [0.3, 0.4) is 0 Å². The zero-order valence-electron chi connectivity index (χ0n) is 14.8. The van der Waals surface area contributed by atoms with Crippen molar-refractivity contribution in [1.29, 1.82) is 0 Å². The van der Waals surface area contributed by atoms with E-state index in [9.17, 15) is 0 Å². The van der Waals surface area contributed by atoms with Gasteiger partial charge in [0, 0.05) is 22.9 Å². The molecule has 0 fully saturated rings. The Morgan fingerprint density at radius 1 is 0.960 bits per heavy atom. The maximum atomic E-state index is 7.55. The van der Waals surface area contributed by atoms with E-state index in [0.717, 1.165) is 33.2 Å². The first kappa shape index (κ1) is 15.4. The summed E-state index contributed by atoms with van der Waals surface area (Å²) in [6.45, 7) is 13.7. The summed E-state index contributed by atoms with van der Waals surface area (Å²) in [4.78, 5) is 3.72. The zero-order chi connectivity index (χ0) is 17.7. The van der Waals surface area contributed by atoms with Gasteiger partial charge in [-0.05, 0) is 43.5 Å². The third-order valence-corrected chi connectivity index (χ3v) is 4.91. The monoisotopic (exact) mass is 327 g/mol. The average Bonchev–Trinajstić information content (AvgIpc) is 2.96. The van der Waals surface area contributed by atoms with Gasteiger partial charge in [-0.15, -0.1) is 0 Å². The van der Waals surface area contributed by atoms with E-state index in [0.29, 0.717) is 11.3 Å². The van der Waals surface area contributed by atoms with E-state index in [1.165, 1.54) is 11.1 Å². The summed E-state index contributed by atoms with van der Waals surface area (Å²) in [7, 11) is 2.04. The fourth-order valence-corrected chi connectivity index (χ4v) is 3.70. The lowest BCUT2D eigenvalue weighted by atomic mass is 9.96.